The largest absolute Gasteiger partial charge is 0.351 e. The third-order valence-electron chi connectivity index (χ3n) is 2.91. The molecular formula is C13H27N3O. The first-order valence-corrected chi connectivity index (χ1v) is 6.65. The van der Waals surface area contributed by atoms with Gasteiger partial charge in [0.1, 0.15) is 0 Å². The van der Waals surface area contributed by atoms with Crippen LogP contribution >= 0.6 is 0 Å². The van der Waals surface area contributed by atoms with E-state index in [1.807, 2.05) is 20.8 Å². The van der Waals surface area contributed by atoms with E-state index in [1.165, 1.54) is 19.3 Å². The van der Waals surface area contributed by atoms with E-state index in [-0.39, 0.29) is 17.5 Å². The Bertz CT molecular complexity index is 244. The maximum Gasteiger partial charge on any atom is 0.222 e. The monoisotopic (exact) mass is 241 g/mol. The van der Waals surface area contributed by atoms with Gasteiger partial charge < -0.3 is 16.4 Å². The average molecular weight is 241 g/mol. The second-order valence-corrected chi connectivity index (χ2v) is 6.12. The molecule has 0 aliphatic heterocycles. The minimum Gasteiger partial charge on any atom is -0.351 e. The lowest BCUT2D eigenvalue weighted by Crippen LogP contribution is -2.46. The molecule has 1 amide bonds. The lowest BCUT2D eigenvalue weighted by atomic mass is 10.1. The van der Waals surface area contributed by atoms with E-state index in [0.717, 1.165) is 12.5 Å². The molecule has 0 radical (unpaired) electrons. The molecule has 4 nitrogen and oxygen atoms in total. The van der Waals surface area contributed by atoms with E-state index in [4.69, 9.17) is 5.73 Å². The average Bonchev–Trinajstić information content (AvgIpc) is 2.97. The molecule has 1 aliphatic rings. The molecule has 0 spiro atoms. The van der Waals surface area contributed by atoms with Crippen LogP contribution in [0.2, 0.25) is 0 Å². The van der Waals surface area contributed by atoms with Crippen LogP contribution in [-0.2, 0) is 4.79 Å². The zero-order chi connectivity index (χ0) is 12.9. The molecule has 1 fully saturated rings. The number of carbonyl (C=O) groups is 1. The molecule has 4 N–H and O–H groups in total. The summed E-state index contributed by atoms with van der Waals surface area (Å²) in [5.41, 5.74) is 5.51. The van der Waals surface area contributed by atoms with Gasteiger partial charge in [0, 0.05) is 24.5 Å². The molecule has 1 aliphatic carbocycles. The number of amides is 1. The van der Waals surface area contributed by atoms with Crippen molar-refractivity contribution in [1.82, 2.24) is 10.6 Å². The van der Waals surface area contributed by atoms with Crippen molar-refractivity contribution in [2.24, 2.45) is 11.7 Å². The predicted octanol–water partition coefficient (Wildman–Crippen LogP) is 1.01. The van der Waals surface area contributed by atoms with Gasteiger partial charge in [0.25, 0.3) is 0 Å². The van der Waals surface area contributed by atoms with Crippen LogP contribution in [0.5, 0.6) is 0 Å². The highest BCUT2D eigenvalue weighted by Crippen LogP contribution is 2.31. The van der Waals surface area contributed by atoms with Crippen molar-refractivity contribution in [1.29, 1.82) is 0 Å². The third-order valence-corrected chi connectivity index (χ3v) is 2.91. The second-order valence-electron chi connectivity index (χ2n) is 6.12. The van der Waals surface area contributed by atoms with Crippen LogP contribution in [0.25, 0.3) is 0 Å². The number of rotatable bonds is 7. The van der Waals surface area contributed by atoms with Gasteiger partial charge in [-0.05, 0) is 39.7 Å². The fourth-order valence-electron chi connectivity index (χ4n) is 1.83. The van der Waals surface area contributed by atoms with Gasteiger partial charge in [-0.25, -0.2) is 0 Å². The molecule has 1 unspecified atom stereocenters. The van der Waals surface area contributed by atoms with E-state index in [1.54, 1.807) is 0 Å². The molecular weight excluding hydrogens is 214 g/mol. The molecule has 0 aromatic heterocycles. The Labute approximate surface area is 105 Å². The Balaban J connectivity index is 2.17. The lowest BCUT2D eigenvalue weighted by Gasteiger charge is -2.23. The molecule has 0 heterocycles. The van der Waals surface area contributed by atoms with Crippen LogP contribution in [0.4, 0.5) is 0 Å². The molecule has 0 bridgehead atoms. The Morgan fingerprint density at radius 2 is 2.06 bits per heavy atom. The Morgan fingerprint density at radius 3 is 2.53 bits per heavy atom. The zero-order valence-corrected chi connectivity index (χ0v) is 11.4. The van der Waals surface area contributed by atoms with Gasteiger partial charge >= 0.3 is 0 Å². The second kappa shape index (κ2) is 6.36. The first-order chi connectivity index (χ1) is 7.90. The highest BCUT2D eigenvalue weighted by atomic mass is 16.1. The third kappa shape index (κ3) is 7.34. The van der Waals surface area contributed by atoms with Crippen LogP contribution in [0, 0.1) is 5.92 Å². The van der Waals surface area contributed by atoms with Crippen LogP contribution in [0.3, 0.4) is 0 Å². The van der Waals surface area contributed by atoms with Crippen LogP contribution in [-0.4, -0.2) is 30.6 Å². The SMILES string of the molecule is CC(C)(C)NC(=O)CC(CN)NCCC1CC1. The molecule has 17 heavy (non-hydrogen) atoms. The summed E-state index contributed by atoms with van der Waals surface area (Å²) in [4.78, 5) is 11.7. The lowest BCUT2D eigenvalue weighted by molar-refractivity contribution is -0.122. The maximum absolute atomic E-state index is 11.7. The van der Waals surface area contributed by atoms with E-state index < -0.39 is 0 Å². The van der Waals surface area contributed by atoms with Crippen molar-refractivity contribution in [2.45, 2.75) is 58.0 Å². The van der Waals surface area contributed by atoms with E-state index in [2.05, 4.69) is 10.6 Å². The van der Waals surface area contributed by atoms with Crippen LogP contribution in [0.1, 0.15) is 46.5 Å². The number of nitrogens with two attached hydrogens (primary N) is 1. The summed E-state index contributed by atoms with van der Waals surface area (Å²) < 4.78 is 0. The highest BCUT2D eigenvalue weighted by molar-refractivity contribution is 5.77. The molecule has 1 rings (SSSR count). The molecule has 0 saturated heterocycles. The highest BCUT2D eigenvalue weighted by Gasteiger charge is 2.21. The molecule has 1 saturated carbocycles. The van der Waals surface area contributed by atoms with Crippen LogP contribution in [0.15, 0.2) is 0 Å². The van der Waals surface area contributed by atoms with E-state index in [9.17, 15) is 4.79 Å². The molecule has 100 valence electrons. The van der Waals surface area contributed by atoms with Crippen molar-refractivity contribution < 1.29 is 4.79 Å². The Morgan fingerprint density at radius 1 is 1.41 bits per heavy atom. The van der Waals surface area contributed by atoms with Crippen molar-refractivity contribution in [3.8, 4) is 0 Å². The minimum absolute atomic E-state index is 0.0758. The van der Waals surface area contributed by atoms with Gasteiger partial charge in [0.15, 0.2) is 0 Å². The predicted molar refractivity (Wildman–Crippen MR) is 70.7 cm³/mol. The normalized spacial score (nSPS) is 17.9. The van der Waals surface area contributed by atoms with Crippen molar-refractivity contribution in [3.63, 3.8) is 0 Å². The van der Waals surface area contributed by atoms with Crippen molar-refractivity contribution in [3.05, 3.63) is 0 Å². The fourth-order valence-corrected chi connectivity index (χ4v) is 1.83. The first-order valence-electron chi connectivity index (χ1n) is 6.65. The summed E-state index contributed by atoms with van der Waals surface area (Å²) in [6.45, 7) is 7.46. The summed E-state index contributed by atoms with van der Waals surface area (Å²) in [6, 6.07) is 0.107. The zero-order valence-electron chi connectivity index (χ0n) is 11.4. The van der Waals surface area contributed by atoms with Gasteiger partial charge in [0.05, 0.1) is 0 Å². The summed E-state index contributed by atoms with van der Waals surface area (Å²) >= 11 is 0. The summed E-state index contributed by atoms with van der Waals surface area (Å²) in [5, 5.41) is 6.33. The van der Waals surface area contributed by atoms with Crippen molar-refractivity contribution >= 4 is 5.91 Å². The van der Waals surface area contributed by atoms with Crippen LogP contribution < -0.4 is 16.4 Å². The summed E-state index contributed by atoms with van der Waals surface area (Å²) in [7, 11) is 0. The molecule has 0 aromatic carbocycles. The number of hydrogen-bond donors (Lipinski definition) is 3. The first kappa shape index (κ1) is 14.5. The van der Waals surface area contributed by atoms with Gasteiger partial charge in [-0.3, -0.25) is 4.79 Å². The number of nitrogens with one attached hydrogen (secondary N) is 2. The number of carbonyl (C=O) groups excluding carboxylic acids is 1. The minimum atomic E-state index is -0.162. The summed E-state index contributed by atoms with van der Waals surface area (Å²) in [6.07, 6.45) is 4.44. The van der Waals surface area contributed by atoms with Gasteiger partial charge in [0.2, 0.25) is 5.91 Å². The topological polar surface area (TPSA) is 67.2 Å². The summed E-state index contributed by atoms with van der Waals surface area (Å²) in [5.74, 6) is 0.996. The molecule has 1 atom stereocenters. The van der Waals surface area contributed by atoms with E-state index in [0.29, 0.717) is 13.0 Å². The van der Waals surface area contributed by atoms with Gasteiger partial charge in [-0.2, -0.15) is 0 Å². The Kier molecular flexibility index (Phi) is 5.40. The standard InChI is InChI=1S/C13H27N3O/c1-13(2,3)16-12(17)8-11(9-14)15-7-6-10-4-5-10/h10-11,15H,4-9,14H2,1-3H3,(H,16,17). The van der Waals surface area contributed by atoms with Gasteiger partial charge in [-0.1, -0.05) is 12.8 Å². The van der Waals surface area contributed by atoms with Crippen molar-refractivity contribution in [2.75, 3.05) is 13.1 Å². The fraction of sp³-hybridized carbons (Fsp3) is 0.923. The molecule has 0 aromatic rings. The van der Waals surface area contributed by atoms with Gasteiger partial charge in [-0.15, -0.1) is 0 Å². The molecule has 4 heteroatoms. The quantitative estimate of drug-likeness (QED) is 0.623. The number of hydrogen-bond acceptors (Lipinski definition) is 3. The maximum atomic E-state index is 11.7. The van der Waals surface area contributed by atoms with E-state index >= 15 is 0 Å². The Hall–Kier alpha value is -0.610. The smallest absolute Gasteiger partial charge is 0.222 e.